The molecule has 2 saturated heterocycles. The van der Waals surface area contributed by atoms with Gasteiger partial charge in [-0.1, -0.05) is 12.5 Å². The van der Waals surface area contributed by atoms with Gasteiger partial charge in [0.15, 0.2) is 0 Å². The molecule has 0 aliphatic carbocycles. The van der Waals surface area contributed by atoms with Crippen molar-refractivity contribution in [2.45, 2.75) is 37.8 Å². The highest BCUT2D eigenvalue weighted by molar-refractivity contribution is 7.10. The molecule has 0 aromatic carbocycles. The highest BCUT2D eigenvalue weighted by atomic mass is 32.1. The van der Waals surface area contributed by atoms with Gasteiger partial charge >= 0.3 is 0 Å². The molecule has 3 rings (SSSR count). The first-order valence-electron chi connectivity index (χ1n) is 7.60. The molecule has 0 saturated carbocycles. The zero-order chi connectivity index (χ0) is 13.1. The fraction of sp³-hybridized carbons (Fsp3) is 0.733. The summed E-state index contributed by atoms with van der Waals surface area (Å²) in [6, 6.07) is 5.58. The summed E-state index contributed by atoms with van der Waals surface area (Å²) in [4.78, 5) is 6.75. The number of thiophene rings is 1. The van der Waals surface area contributed by atoms with E-state index in [9.17, 15) is 0 Å². The van der Waals surface area contributed by atoms with Crippen LogP contribution in [0.5, 0.6) is 0 Å². The third-order valence-corrected chi connectivity index (χ3v) is 5.61. The summed E-state index contributed by atoms with van der Waals surface area (Å²) in [6.07, 6.45) is 5.53. The second kappa shape index (κ2) is 6.35. The Labute approximate surface area is 120 Å². The molecule has 3 heterocycles. The number of nitrogens with two attached hydrogens (primary N) is 1. The average Bonchev–Trinajstić information content (AvgIpc) is 3.12. The quantitative estimate of drug-likeness (QED) is 0.918. The van der Waals surface area contributed by atoms with Gasteiger partial charge in [-0.25, -0.2) is 0 Å². The Kier molecular flexibility index (Phi) is 4.53. The monoisotopic (exact) mass is 279 g/mol. The number of hydrogen-bond acceptors (Lipinski definition) is 4. The minimum absolute atomic E-state index is 0.440. The molecule has 0 bridgehead atoms. The summed E-state index contributed by atoms with van der Waals surface area (Å²) >= 11 is 1.84. The van der Waals surface area contributed by atoms with Crippen LogP contribution in [0.1, 0.15) is 36.6 Å². The van der Waals surface area contributed by atoms with Crippen molar-refractivity contribution >= 4 is 11.3 Å². The normalized spacial score (nSPS) is 27.7. The Hall–Kier alpha value is -0.420. The van der Waals surface area contributed by atoms with Crippen molar-refractivity contribution < 1.29 is 0 Å². The van der Waals surface area contributed by atoms with Gasteiger partial charge in [-0.2, -0.15) is 0 Å². The highest BCUT2D eigenvalue weighted by Crippen LogP contribution is 2.29. The van der Waals surface area contributed by atoms with Crippen LogP contribution < -0.4 is 5.73 Å². The molecule has 2 N–H and O–H groups in total. The molecule has 2 unspecified atom stereocenters. The van der Waals surface area contributed by atoms with Crippen LogP contribution in [0.4, 0.5) is 0 Å². The number of piperidine rings is 1. The van der Waals surface area contributed by atoms with Gasteiger partial charge in [0.25, 0.3) is 0 Å². The molecule has 2 aliphatic rings. The summed E-state index contributed by atoms with van der Waals surface area (Å²) in [7, 11) is 0. The molecule has 0 amide bonds. The molecular weight excluding hydrogens is 254 g/mol. The van der Waals surface area contributed by atoms with Crippen molar-refractivity contribution in [1.82, 2.24) is 9.80 Å². The van der Waals surface area contributed by atoms with Gasteiger partial charge in [-0.05, 0) is 43.8 Å². The van der Waals surface area contributed by atoms with Crippen molar-refractivity contribution in [1.29, 1.82) is 0 Å². The molecule has 2 atom stereocenters. The predicted molar refractivity (Wildman–Crippen MR) is 81.5 cm³/mol. The van der Waals surface area contributed by atoms with Crippen LogP contribution in [-0.4, -0.2) is 48.6 Å². The maximum Gasteiger partial charge on any atom is 0.0564 e. The molecule has 0 spiro atoms. The lowest BCUT2D eigenvalue weighted by atomic mass is 10.1. The minimum Gasteiger partial charge on any atom is -0.329 e. The van der Waals surface area contributed by atoms with E-state index in [1.165, 1.54) is 56.7 Å². The van der Waals surface area contributed by atoms with Gasteiger partial charge in [0.1, 0.15) is 0 Å². The maximum absolute atomic E-state index is 6.02. The summed E-state index contributed by atoms with van der Waals surface area (Å²) in [5.41, 5.74) is 6.02. The van der Waals surface area contributed by atoms with Gasteiger partial charge in [-0.3, -0.25) is 9.80 Å². The van der Waals surface area contributed by atoms with Crippen molar-refractivity contribution in [2.75, 3.05) is 32.7 Å². The first-order valence-corrected chi connectivity index (χ1v) is 8.48. The summed E-state index contributed by atoms with van der Waals surface area (Å²) in [5.74, 6) is 0. The number of nitrogens with zero attached hydrogens (tertiary/aromatic N) is 2. The molecule has 106 valence electrons. The number of likely N-dealkylation sites (tertiary alicyclic amines) is 2. The van der Waals surface area contributed by atoms with Gasteiger partial charge in [0.2, 0.25) is 0 Å². The van der Waals surface area contributed by atoms with Crippen LogP contribution in [0.3, 0.4) is 0 Å². The zero-order valence-electron chi connectivity index (χ0n) is 11.6. The number of rotatable bonds is 4. The molecule has 2 fully saturated rings. The van der Waals surface area contributed by atoms with Crippen LogP contribution in [-0.2, 0) is 0 Å². The van der Waals surface area contributed by atoms with Gasteiger partial charge in [-0.15, -0.1) is 11.3 Å². The first-order chi connectivity index (χ1) is 9.38. The molecule has 2 aliphatic heterocycles. The van der Waals surface area contributed by atoms with Crippen molar-refractivity contribution in [3.63, 3.8) is 0 Å². The van der Waals surface area contributed by atoms with E-state index in [4.69, 9.17) is 5.73 Å². The number of hydrogen-bond donors (Lipinski definition) is 1. The van der Waals surface area contributed by atoms with Crippen molar-refractivity contribution in [3.05, 3.63) is 22.4 Å². The second-order valence-electron chi connectivity index (χ2n) is 5.80. The van der Waals surface area contributed by atoms with Crippen LogP contribution in [0.15, 0.2) is 17.5 Å². The Balaban J connectivity index is 1.61. The van der Waals surface area contributed by atoms with Gasteiger partial charge in [0, 0.05) is 30.6 Å². The van der Waals surface area contributed by atoms with Crippen LogP contribution in [0, 0.1) is 0 Å². The van der Waals surface area contributed by atoms with Crippen LogP contribution in [0.25, 0.3) is 0 Å². The molecule has 1 aromatic heterocycles. The van der Waals surface area contributed by atoms with E-state index < -0.39 is 0 Å². The van der Waals surface area contributed by atoms with Crippen LogP contribution >= 0.6 is 11.3 Å². The van der Waals surface area contributed by atoms with E-state index in [1.54, 1.807) is 0 Å². The van der Waals surface area contributed by atoms with E-state index >= 15 is 0 Å². The smallest absolute Gasteiger partial charge is 0.0564 e. The van der Waals surface area contributed by atoms with Gasteiger partial charge in [0.05, 0.1) is 6.04 Å². The van der Waals surface area contributed by atoms with E-state index in [0.29, 0.717) is 6.04 Å². The lowest BCUT2D eigenvalue weighted by Gasteiger charge is -2.33. The first kappa shape index (κ1) is 13.6. The lowest BCUT2D eigenvalue weighted by molar-refractivity contribution is 0.153. The SMILES string of the molecule is NCC(c1cccs1)N1CCC(N2CCCCC2)C1. The topological polar surface area (TPSA) is 32.5 Å². The molecular formula is C15H25N3S. The Morgan fingerprint density at radius 2 is 2.11 bits per heavy atom. The summed E-state index contributed by atoms with van der Waals surface area (Å²) < 4.78 is 0. The highest BCUT2D eigenvalue weighted by Gasteiger charge is 2.32. The van der Waals surface area contributed by atoms with Gasteiger partial charge < -0.3 is 5.73 Å². The minimum atomic E-state index is 0.440. The van der Waals surface area contributed by atoms with E-state index in [2.05, 4.69) is 27.3 Å². The Morgan fingerprint density at radius 1 is 1.26 bits per heavy atom. The Bertz CT molecular complexity index is 373. The van der Waals surface area contributed by atoms with E-state index in [1.807, 2.05) is 11.3 Å². The van der Waals surface area contributed by atoms with Crippen LogP contribution in [0.2, 0.25) is 0 Å². The predicted octanol–water partition coefficient (Wildman–Crippen LogP) is 2.31. The molecule has 19 heavy (non-hydrogen) atoms. The average molecular weight is 279 g/mol. The second-order valence-corrected chi connectivity index (χ2v) is 6.78. The zero-order valence-corrected chi connectivity index (χ0v) is 12.4. The molecule has 3 nitrogen and oxygen atoms in total. The third-order valence-electron chi connectivity index (χ3n) is 4.64. The fourth-order valence-corrected chi connectivity index (χ4v) is 4.43. The van der Waals surface area contributed by atoms with E-state index in [0.717, 1.165) is 12.6 Å². The summed E-state index contributed by atoms with van der Waals surface area (Å²) in [5, 5.41) is 2.16. The standard InChI is InChI=1S/C15H25N3S/c16-11-14(15-5-4-10-19-15)18-9-6-13(12-18)17-7-2-1-3-8-17/h4-5,10,13-14H,1-3,6-9,11-12,16H2. The molecule has 0 radical (unpaired) electrons. The molecule has 1 aromatic rings. The molecule has 4 heteroatoms. The summed E-state index contributed by atoms with van der Waals surface area (Å²) in [6.45, 7) is 5.78. The fourth-order valence-electron chi connectivity index (χ4n) is 3.56. The van der Waals surface area contributed by atoms with E-state index in [-0.39, 0.29) is 0 Å². The largest absolute Gasteiger partial charge is 0.329 e. The Morgan fingerprint density at radius 3 is 2.79 bits per heavy atom. The van der Waals surface area contributed by atoms with Crippen molar-refractivity contribution in [2.24, 2.45) is 5.73 Å². The third kappa shape index (κ3) is 3.02. The lowest BCUT2D eigenvalue weighted by Crippen LogP contribution is -2.41. The van der Waals surface area contributed by atoms with Crippen molar-refractivity contribution in [3.8, 4) is 0 Å². The maximum atomic E-state index is 6.02.